The van der Waals surface area contributed by atoms with Crippen molar-refractivity contribution in [2.24, 2.45) is 0 Å². The summed E-state index contributed by atoms with van der Waals surface area (Å²) < 4.78 is 11.7. The molecule has 3 rings (SSSR count). The molecule has 0 heterocycles. The maximum atomic E-state index is 13.0. The Hall–Kier alpha value is -2.39. The van der Waals surface area contributed by atoms with Crippen molar-refractivity contribution in [1.29, 1.82) is 0 Å². The Kier molecular flexibility index (Phi) is 4.05. The largest absolute Gasteiger partial charge is 0.491 e. The number of benzene rings is 2. The molecule has 1 aliphatic rings. The van der Waals surface area contributed by atoms with E-state index in [4.69, 9.17) is 9.47 Å². The molecule has 0 saturated carbocycles. The van der Waals surface area contributed by atoms with E-state index in [-0.39, 0.29) is 11.9 Å². The van der Waals surface area contributed by atoms with E-state index in [1.54, 1.807) is 7.11 Å². The number of ketones is 1. The van der Waals surface area contributed by atoms with Gasteiger partial charge in [-0.25, -0.2) is 0 Å². The Morgan fingerprint density at radius 3 is 2.00 bits per heavy atom. The molecule has 2 aromatic carbocycles. The second-order valence-electron chi connectivity index (χ2n) is 5.82. The lowest BCUT2D eigenvalue weighted by Crippen LogP contribution is -2.50. The van der Waals surface area contributed by atoms with Crippen molar-refractivity contribution >= 4 is 11.4 Å². The van der Waals surface area contributed by atoms with Crippen LogP contribution in [-0.2, 0) is 19.9 Å². The van der Waals surface area contributed by atoms with E-state index in [2.05, 4.69) is 0 Å². The summed E-state index contributed by atoms with van der Waals surface area (Å²) in [7, 11) is 1.55. The second kappa shape index (κ2) is 6.01. The van der Waals surface area contributed by atoms with E-state index >= 15 is 0 Å². The van der Waals surface area contributed by atoms with Gasteiger partial charge in [0.1, 0.15) is 0 Å². The van der Waals surface area contributed by atoms with Crippen molar-refractivity contribution in [3.63, 3.8) is 0 Å². The monoisotopic (exact) mass is 308 g/mol. The van der Waals surface area contributed by atoms with E-state index in [9.17, 15) is 4.79 Å². The van der Waals surface area contributed by atoms with Gasteiger partial charge in [0.05, 0.1) is 11.7 Å². The Bertz CT molecular complexity index is 732. The van der Waals surface area contributed by atoms with Gasteiger partial charge < -0.3 is 9.47 Å². The first-order chi connectivity index (χ1) is 11.1. The highest BCUT2D eigenvalue weighted by atomic mass is 16.6. The van der Waals surface area contributed by atoms with Gasteiger partial charge in [-0.15, -0.1) is 0 Å². The van der Waals surface area contributed by atoms with Crippen molar-refractivity contribution in [2.75, 3.05) is 7.11 Å². The van der Waals surface area contributed by atoms with Crippen LogP contribution >= 0.6 is 0 Å². The molecule has 0 amide bonds. The van der Waals surface area contributed by atoms with E-state index in [1.807, 2.05) is 74.5 Å². The third kappa shape index (κ3) is 2.37. The molecule has 3 heteroatoms. The molecule has 118 valence electrons. The molecule has 1 unspecified atom stereocenters. The summed E-state index contributed by atoms with van der Waals surface area (Å²) in [5.74, 6) is 0.533. The summed E-state index contributed by atoms with van der Waals surface area (Å²) in [5, 5.41) is 0. The van der Waals surface area contributed by atoms with Crippen molar-refractivity contribution < 1.29 is 14.3 Å². The van der Waals surface area contributed by atoms with Crippen LogP contribution in [0.3, 0.4) is 0 Å². The quantitative estimate of drug-likeness (QED) is 0.839. The first-order valence-electron chi connectivity index (χ1n) is 7.73. The summed E-state index contributed by atoms with van der Waals surface area (Å²) in [6.45, 7) is 3.90. The second-order valence-corrected chi connectivity index (χ2v) is 5.82. The molecular formula is C20H20O3. The number of carbonyl (C=O) groups excluding carboxylic acids is 1. The van der Waals surface area contributed by atoms with Crippen LogP contribution in [0, 0.1) is 0 Å². The van der Waals surface area contributed by atoms with Crippen molar-refractivity contribution in [3.8, 4) is 0 Å². The van der Waals surface area contributed by atoms with E-state index < -0.39 is 5.60 Å². The van der Waals surface area contributed by atoms with Crippen molar-refractivity contribution in [1.82, 2.24) is 0 Å². The summed E-state index contributed by atoms with van der Waals surface area (Å²) in [4.78, 5) is 13.0. The molecular weight excluding hydrogens is 288 g/mol. The standard InChI is InChI=1S/C20H20O3/c1-14(2)23-19-17(15-10-6-4-7-11-15)18(21)20(19,22-3)16-12-8-5-9-13-16/h4-14H,1-3H3. The number of rotatable bonds is 5. The van der Waals surface area contributed by atoms with Gasteiger partial charge in [-0.2, -0.15) is 0 Å². The zero-order valence-electron chi connectivity index (χ0n) is 13.6. The molecule has 2 aromatic rings. The van der Waals surface area contributed by atoms with Gasteiger partial charge in [-0.1, -0.05) is 60.7 Å². The summed E-state index contributed by atoms with van der Waals surface area (Å²) in [6.07, 6.45) is -0.0463. The van der Waals surface area contributed by atoms with Gasteiger partial charge in [0, 0.05) is 7.11 Å². The van der Waals surface area contributed by atoms with Gasteiger partial charge >= 0.3 is 0 Å². The Balaban J connectivity index is 2.18. The maximum Gasteiger partial charge on any atom is 0.213 e. The molecule has 0 spiro atoms. The van der Waals surface area contributed by atoms with Crippen LogP contribution in [0.4, 0.5) is 0 Å². The first-order valence-corrected chi connectivity index (χ1v) is 7.73. The minimum absolute atomic E-state index is 0.0463. The van der Waals surface area contributed by atoms with Gasteiger partial charge in [0.15, 0.2) is 5.76 Å². The Morgan fingerprint density at radius 1 is 0.913 bits per heavy atom. The fourth-order valence-corrected chi connectivity index (χ4v) is 2.98. The highest BCUT2D eigenvalue weighted by Crippen LogP contribution is 2.50. The fraction of sp³-hybridized carbons (Fsp3) is 0.250. The zero-order valence-corrected chi connectivity index (χ0v) is 13.6. The average molecular weight is 308 g/mol. The van der Waals surface area contributed by atoms with E-state index in [1.165, 1.54) is 0 Å². The molecule has 23 heavy (non-hydrogen) atoms. The van der Waals surface area contributed by atoms with Gasteiger partial charge in [0.25, 0.3) is 0 Å². The predicted molar refractivity (Wildman–Crippen MR) is 89.7 cm³/mol. The number of Topliss-reactive ketones (excluding diaryl/α,β-unsaturated/α-hetero) is 1. The molecule has 0 saturated heterocycles. The Labute approximate surface area is 136 Å². The van der Waals surface area contributed by atoms with Gasteiger partial charge in [0.2, 0.25) is 11.4 Å². The highest BCUT2D eigenvalue weighted by Gasteiger charge is 2.58. The van der Waals surface area contributed by atoms with Crippen LogP contribution < -0.4 is 0 Å². The van der Waals surface area contributed by atoms with E-state index in [0.29, 0.717) is 11.3 Å². The SMILES string of the molecule is COC1(c2ccccc2)C(=O)C(c2ccccc2)=C1OC(C)C. The number of ether oxygens (including phenoxy) is 2. The molecule has 0 radical (unpaired) electrons. The van der Waals surface area contributed by atoms with Crippen molar-refractivity contribution in [2.45, 2.75) is 25.6 Å². The third-order valence-corrected chi connectivity index (χ3v) is 4.00. The van der Waals surface area contributed by atoms with Crippen LogP contribution in [0.2, 0.25) is 0 Å². The molecule has 1 atom stereocenters. The lowest BCUT2D eigenvalue weighted by molar-refractivity contribution is -0.143. The van der Waals surface area contributed by atoms with Crippen LogP contribution in [0.1, 0.15) is 25.0 Å². The van der Waals surface area contributed by atoms with Crippen LogP contribution in [0.15, 0.2) is 66.4 Å². The summed E-state index contributed by atoms with van der Waals surface area (Å²) in [6, 6.07) is 19.1. The van der Waals surface area contributed by atoms with Crippen molar-refractivity contribution in [3.05, 3.63) is 77.5 Å². The number of carbonyl (C=O) groups is 1. The fourth-order valence-electron chi connectivity index (χ4n) is 2.98. The predicted octanol–water partition coefficient (Wildman–Crippen LogP) is 3.95. The molecule has 0 N–H and O–H groups in total. The molecule has 0 fully saturated rings. The highest BCUT2D eigenvalue weighted by molar-refractivity contribution is 6.33. The van der Waals surface area contributed by atoms with Crippen LogP contribution in [0.5, 0.6) is 0 Å². The summed E-state index contributed by atoms with van der Waals surface area (Å²) in [5.41, 5.74) is 1.11. The van der Waals surface area contributed by atoms with E-state index in [0.717, 1.165) is 11.1 Å². The lowest BCUT2D eigenvalue weighted by atomic mass is 9.70. The Morgan fingerprint density at radius 2 is 1.48 bits per heavy atom. The summed E-state index contributed by atoms with van der Waals surface area (Å²) >= 11 is 0. The number of hydrogen-bond donors (Lipinski definition) is 0. The van der Waals surface area contributed by atoms with Crippen LogP contribution in [-0.4, -0.2) is 19.0 Å². The van der Waals surface area contributed by atoms with Gasteiger partial charge in [-0.3, -0.25) is 4.79 Å². The third-order valence-electron chi connectivity index (χ3n) is 4.00. The lowest BCUT2D eigenvalue weighted by Gasteiger charge is -2.43. The molecule has 1 aliphatic carbocycles. The zero-order chi connectivity index (χ0) is 16.4. The number of hydrogen-bond acceptors (Lipinski definition) is 3. The number of methoxy groups -OCH3 is 1. The molecule has 0 aliphatic heterocycles. The molecule has 0 bridgehead atoms. The topological polar surface area (TPSA) is 35.5 Å². The first kappa shape index (κ1) is 15.5. The minimum atomic E-state index is -1.14. The normalized spacial score (nSPS) is 20.6. The molecule has 3 nitrogen and oxygen atoms in total. The van der Waals surface area contributed by atoms with Crippen LogP contribution in [0.25, 0.3) is 5.57 Å². The maximum absolute atomic E-state index is 13.0. The smallest absolute Gasteiger partial charge is 0.213 e. The van der Waals surface area contributed by atoms with Gasteiger partial charge in [-0.05, 0) is 25.0 Å². The minimum Gasteiger partial charge on any atom is -0.491 e. The average Bonchev–Trinajstić information content (AvgIpc) is 2.57. The molecule has 0 aromatic heterocycles.